The topological polar surface area (TPSA) is 34.1 Å². The molecule has 0 heterocycles. The SMILES string of the molecule is C[CH]=[Ti]([CH]=O)([CH]=O)([CH]1C=Cc2ccccc21)[CH]1C=Cc2ccccc21. The number of benzene rings is 2. The van der Waals surface area contributed by atoms with E-state index in [1.807, 2.05) is 35.5 Å². The molecule has 2 aliphatic rings. The third-order valence-corrected chi connectivity index (χ3v) is 16.1. The fourth-order valence-electron chi connectivity index (χ4n) is 4.67. The number of carbonyl (C=O) groups excluding carboxylic acids is 2. The van der Waals surface area contributed by atoms with Gasteiger partial charge in [0.25, 0.3) is 0 Å². The Kier molecular flexibility index (Phi) is 3.71. The zero-order valence-corrected chi connectivity index (χ0v) is 15.7. The van der Waals surface area contributed by atoms with E-state index in [-0.39, 0.29) is 8.45 Å². The minimum absolute atomic E-state index is 0.131. The Morgan fingerprint density at radius 1 is 0.760 bits per heavy atom. The third kappa shape index (κ3) is 1.98. The molecule has 0 saturated heterocycles. The van der Waals surface area contributed by atoms with Crippen molar-refractivity contribution in [3.63, 3.8) is 0 Å². The molecule has 0 N–H and O–H groups in total. The van der Waals surface area contributed by atoms with Gasteiger partial charge in [0.05, 0.1) is 0 Å². The van der Waals surface area contributed by atoms with Crippen LogP contribution < -0.4 is 0 Å². The second-order valence-corrected chi connectivity index (χ2v) is 15.9. The summed E-state index contributed by atoms with van der Waals surface area (Å²) in [6.07, 6.45) is 8.28. The van der Waals surface area contributed by atoms with Crippen LogP contribution in [0.3, 0.4) is 0 Å². The molecule has 0 radical (unpaired) electrons. The molecular formula is C22H20O2Ti. The standard InChI is InChI=1S/2C9H7.C2H4.2CHO.Ti/c2*1-2-5-9-7-3-6-8(9)4-1;3*1-2;/h2*1-7H;1H,2H3;2*1H;. The van der Waals surface area contributed by atoms with Gasteiger partial charge >= 0.3 is 148 Å². The van der Waals surface area contributed by atoms with Gasteiger partial charge in [-0.05, 0) is 0 Å². The Labute approximate surface area is 148 Å². The molecule has 0 amide bonds. The molecule has 2 unspecified atom stereocenters. The summed E-state index contributed by atoms with van der Waals surface area (Å²) in [5.74, 6) is 0. The maximum atomic E-state index is 12.8. The summed E-state index contributed by atoms with van der Waals surface area (Å²) < 4.78 is 3.84. The van der Waals surface area contributed by atoms with Crippen LogP contribution in [0.1, 0.15) is 37.6 Å². The Hall–Kier alpha value is -2.16. The van der Waals surface area contributed by atoms with Crippen molar-refractivity contribution in [3.8, 4) is 0 Å². The Bertz CT molecular complexity index is 931. The quantitative estimate of drug-likeness (QED) is 0.595. The first-order valence-electron chi connectivity index (χ1n) is 8.63. The second-order valence-electron chi connectivity index (χ2n) is 7.12. The summed E-state index contributed by atoms with van der Waals surface area (Å²) in [5.41, 5.74) is 4.44. The van der Waals surface area contributed by atoms with Crippen LogP contribution in [0.15, 0.2) is 60.7 Å². The van der Waals surface area contributed by atoms with E-state index in [4.69, 9.17) is 0 Å². The predicted molar refractivity (Wildman–Crippen MR) is 102 cm³/mol. The molecule has 2 aromatic rings. The van der Waals surface area contributed by atoms with Crippen molar-refractivity contribution < 1.29 is 24.4 Å². The normalized spacial score (nSPS) is 20.9. The van der Waals surface area contributed by atoms with Crippen molar-refractivity contribution in [3.05, 3.63) is 82.9 Å². The van der Waals surface area contributed by atoms with Crippen molar-refractivity contribution in [2.75, 3.05) is 0 Å². The van der Waals surface area contributed by atoms with Crippen LogP contribution in [-0.4, -0.2) is 13.5 Å². The molecule has 2 aromatic carbocycles. The maximum absolute atomic E-state index is 12.8. The van der Waals surface area contributed by atoms with Gasteiger partial charge in [0.2, 0.25) is 0 Å². The first kappa shape index (κ1) is 16.3. The van der Waals surface area contributed by atoms with E-state index in [2.05, 4.69) is 48.6 Å². The predicted octanol–water partition coefficient (Wildman–Crippen LogP) is 4.41. The van der Waals surface area contributed by atoms with Gasteiger partial charge in [-0.25, -0.2) is 0 Å². The molecule has 124 valence electrons. The first-order valence-corrected chi connectivity index (χ1v) is 13.1. The minimum atomic E-state index is -4.45. The molecule has 3 heteroatoms. The zero-order valence-electron chi connectivity index (χ0n) is 14.1. The summed E-state index contributed by atoms with van der Waals surface area (Å²) in [6.45, 7) is 1.91. The molecule has 2 atom stereocenters. The van der Waals surface area contributed by atoms with Gasteiger partial charge in [0.1, 0.15) is 0 Å². The molecule has 0 fully saturated rings. The number of rotatable bonds is 4. The summed E-state index contributed by atoms with van der Waals surface area (Å²) in [7, 11) is 0. The van der Waals surface area contributed by atoms with Crippen molar-refractivity contribution in [1.29, 1.82) is 0 Å². The zero-order chi connectivity index (χ0) is 17.5. The van der Waals surface area contributed by atoms with Crippen molar-refractivity contribution >= 4 is 25.6 Å². The summed E-state index contributed by atoms with van der Waals surface area (Å²) in [5, 5.41) is 0. The van der Waals surface area contributed by atoms with Gasteiger partial charge in [-0.1, -0.05) is 0 Å². The van der Waals surface area contributed by atoms with Gasteiger partial charge in [-0.15, -0.1) is 0 Å². The number of hydrogen-bond acceptors (Lipinski definition) is 2. The van der Waals surface area contributed by atoms with Crippen LogP contribution in [-0.2, 0) is 24.4 Å². The molecule has 0 aromatic heterocycles. The van der Waals surface area contributed by atoms with Gasteiger partial charge in [0, 0.05) is 0 Å². The molecule has 0 aliphatic heterocycles. The summed E-state index contributed by atoms with van der Waals surface area (Å²) >= 11 is -4.45. The van der Waals surface area contributed by atoms with E-state index in [0.717, 1.165) is 31.4 Å². The number of hydrogen-bond donors (Lipinski definition) is 0. The Morgan fingerprint density at radius 3 is 1.60 bits per heavy atom. The molecule has 0 spiro atoms. The Balaban J connectivity index is 2.03. The fourth-order valence-corrected chi connectivity index (χ4v) is 12.6. The molecule has 2 aliphatic carbocycles. The fraction of sp³-hybridized carbons (Fsp3) is 0.136. The van der Waals surface area contributed by atoms with Crippen LogP contribution in [0.25, 0.3) is 12.2 Å². The molecule has 2 nitrogen and oxygen atoms in total. The average molecular weight is 364 g/mol. The van der Waals surface area contributed by atoms with Crippen LogP contribution in [0, 0.1) is 0 Å². The molecule has 0 bridgehead atoms. The van der Waals surface area contributed by atoms with E-state index < -0.39 is 14.8 Å². The van der Waals surface area contributed by atoms with E-state index in [0.29, 0.717) is 0 Å². The van der Waals surface area contributed by atoms with Crippen LogP contribution in [0.5, 0.6) is 0 Å². The average Bonchev–Trinajstić information content (AvgIpc) is 3.31. The van der Waals surface area contributed by atoms with Gasteiger partial charge in [-0.2, -0.15) is 0 Å². The third-order valence-electron chi connectivity index (χ3n) is 6.25. The van der Waals surface area contributed by atoms with E-state index in [9.17, 15) is 9.59 Å². The van der Waals surface area contributed by atoms with Gasteiger partial charge < -0.3 is 0 Å². The monoisotopic (exact) mass is 364 g/mol. The molecule has 0 saturated carbocycles. The number of fused-ring (bicyclic) bond motifs is 2. The molecule has 25 heavy (non-hydrogen) atoms. The van der Waals surface area contributed by atoms with Crippen LogP contribution in [0.2, 0.25) is 0 Å². The Morgan fingerprint density at radius 2 is 1.20 bits per heavy atom. The number of allylic oxidation sites excluding steroid dienone is 2. The molecule has 4 rings (SSSR count). The van der Waals surface area contributed by atoms with Crippen LogP contribution in [0.4, 0.5) is 0 Å². The van der Waals surface area contributed by atoms with E-state index in [1.54, 1.807) is 0 Å². The molecular weight excluding hydrogens is 344 g/mol. The van der Waals surface area contributed by atoms with Gasteiger partial charge in [0.15, 0.2) is 0 Å². The van der Waals surface area contributed by atoms with E-state index in [1.165, 1.54) is 0 Å². The van der Waals surface area contributed by atoms with Crippen molar-refractivity contribution in [1.82, 2.24) is 0 Å². The second kappa shape index (κ2) is 5.69. The summed E-state index contributed by atoms with van der Waals surface area (Å²) in [6, 6.07) is 16.2. The van der Waals surface area contributed by atoms with Crippen LogP contribution >= 0.6 is 0 Å². The van der Waals surface area contributed by atoms with E-state index >= 15 is 0 Å². The summed E-state index contributed by atoms with van der Waals surface area (Å²) in [4.78, 5) is 25.5. The number of carbonyl (C=O) groups is 2. The van der Waals surface area contributed by atoms with Crippen molar-refractivity contribution in [2.24, 2.45) is 0 Å². The van der Waals surface area contributed by atoms with Gasteiger partial charge in [-0.3, -0.25) is 0 Å². The van der Waals surface area contributed by atoms with Crippen molar-refractivity contribution in [2.45, 2.75) is 15.4 Å². The first-order chi connectivity index (χ1) is 12.2.